The molecule has 4 nitrogen and oxygen atoms in total. The van der Waals surface area contributed by atoms with E-state index < -0.39 is 10.0 Å². The van der Waals surface area contributed by atoms with Crippen LogP contribution in [0.25, 0.3) is 0 Å². The first-order chi connectivity index (χ1) is 7.51. The van der Waals surface area contributed by atoms with Gasteiger partial charge in [-0.1, -0.05) is 0 Å². The fourth-order valence-electron chi connectivity index (χ4n) is 1.77. The van der Waals surface area contributed by atoms with Crippen molar-refractivity contribution in [3.63, 3.8) is 0 Å². The van der Waals surface area contributed by atoms with Crippen molar-refractivity contribution >= 4 is 49.7 Å². The van der Waals surface area contributed by atoms with Gasteiger partial charge >= 0.3 is 0 Å². The maximum absolute atomic E-state index is 12.3. The van der Waals surface area contributed by atoms with E-state index in [0.29, 0.717) is 21.8 Å². The van der Waals surface area contributed by atoms with E-state index in [0.717, 1.165) is 12.8 Å². The fourth-order valence-corrected chi connectivity index (χ4v) is 5.76. The molecule has 17 heavy (non-hydrogen) atoms. The van der Waals surface area contributed by atoms with Gasteiger partial charge in [-0.25, -0.2) is 8.42 Å². The highest BCUT2D eigenvalue weighted by atomic mass is 79.9. The van der Waals surface area contributed by atoms with Gasteiger partial charge in [0.1, 0.15) is 4.21 Å². The molecule has 2 heterocycles. The van der Waals surface area contributed by atoms with E-state index in [4.69, 9.17) is 5.73 Å². The van der Waals surface area contributed by atoms with Gasteiger partial charge in [-0.3, -0.25) is 0 Å². The minimum absolute atomic E-state index is 0. The molecule has 0 aromatic carbocycles. The Bertz CT molecular complexity index is 477. The smallest absolute Gasteiger partial charge is 0.253 e. The number of hydrogen-bond acceptors (Lipinski definition) is 4. The summed E-state index contributed by atoms with van der Waals surface area (Å²) in [6, 6.07) is 1.71. The van der Waals surface area contributed by atoms with Crippen molar-refractivity contribution in [2.75, 3.05) is 13.1 Å². The third kappa shape index (κ3) is 3.21. The molecule has 0 spiro atoms. The van der Waals surface area contributed by atoms with Gasteiger partial charge in [0.25, 0.3) is 10.0 Å². The summed E-state index contributed by atoms with van der Waals surface area (Å²) >= 11 is 4.49. The minimum Gasteiger partial charge on any atom is -0.327 e. The zero-order chi connectivity index (χ0) is 11.8. The number of sulfonamides is 1. The average molecular weight is 362 g/mol. The van der Waals surface area contributed by atoms with Crippen LogP contribution in [0.4, 0.5) is 0 Å². The lowest BCUT2D eigenvalue weighted by Gasteiger charge is -2.29. The monoisotopic (exact) mass is 360 g/mol. The number of nitrogens with two attached hydrogens (primary N) is 1. The number of halogens is 2. The van der Waals surface area contributed by atoms with E-state index in [1.54, 1.807) is 11.4 Å². The predicted octanol–water partition coefficient (Wildman–Crippen LogP) is 2.04. The molecule has 0 radical (unpaired) electrons. The quantitative estimate of drug-likeness (QED) is 0.877. The number of thiophene rings is 1. The molecule has 1 aliphatic heterocycles. The van der Waals surface area contributed by atoms with E-state index in [2.05, 4.69) is 15.9 Å². The molecule has 0 unspecified atom stereocenters. The van der Waals surface area contributed by atoms with Gasteiger partial charge in [-0.05, 0) is 40.2 Å². The van der Waals surface area contributed by atoms with Crippen LogP contribution in [-0.2, 0) is 10.0 Å². The summed E-state index contributed by atoms with van der Waals surface area (Å²) in [5.74, 6) is 0. The van der Waals surface area contributed by atoms with Crippen LogP contribution in [0.5, 0.6) is 0 Å². The summed E-state index contributed by atoms with van der Waals surface area (Å²) in [7, 11) is -3.36. The van der Waals surface area contributed by atoms with Crippen molar-refractivity contribution in [3.05, 3.63) is 15.9 Å². The van der Waals surface area contributed by atoms with Crippen LogP contribution in [0.15, 0.2) is 20.1 Å². The number of nitrogens with zero attached hydrogens (tertiary/aromatic N) is 1. The molecule has 1 fully saturated rings. The molecule has 8 heteroatoms. The van der Waals surface area contributed by atoms with E-state index in [-0.39, 0.29) is 18.4 Å². The minimum atomic E-state index is -3.36. The van der Waals surface area contributed by atoms with Crippen LogP contribution in [0.1, 0.15) is 12.8 Å². The summed E-state index contributed by atoms with van der Waals surface area (Å²) in [6.07, 6.45) is 1.74. The summed E-state index contributed by atoms with van der Waals surface area (Å²) in [5, 5.41) is 1.76. The van der Waals surface area contributed by atoms with Crippen molar-refractivity contribution in [1.82, 2.24) is 4.31 Å². The maximum Gasteiger partial charge on any atom is 0.253 e. The molecule has 2 N–H and O–H groups in total. The molecule has 98 valence electrons. The van der Waals surface area contributed by atoms with Gasteiger partial charge in [-0.15, -0.1) is 23.7 Å². The largest absolute Gasteiger partial charge is 0.327 e. The number of piperidine rings is 1. The zero-order valence-electron chi connectivity index (χ0n) is 9.00. The molecule has 1 aliphatic rings. The first kappa shape index (κ1) is 15.4. The third-order valence-corrected chi connectivity index (χ3v) is 7.09. The lowest BCUT2D eigenvalue weighted by atomic mass is 10.1. The molecule has 2 rings (SSSR count). The molecular formula is C9H14BrClN2O2S2. The molecule has 1 aromatic heterocycles. The Labute approximate surface area is 120 Å². The summed E-state index contributed by atoms with van der Waals surface area (Å²) in [4.78, 5) is 0. The zero-order valence-corrected chi connectivity index (χ0v) is 13.0. The normalized spacial score (nSPS) is 22.1. The highest BCUT2D eigenvalue weighted by Crippen LogP contribution is 2.31. The van der Waals surface area contributed by atoms with E-state index in [1.165, 1.54) is 15.6 Å². The van der Waals surface area contributed by atoms with Crippen molar-refractivity contribution in [3.8, 4) is 0 Å². The van der Waals surface area contributed by atoms with Gasteiger partial charge < -0.3 is 5.73 Å². The van der Waals surface area contributed by atoms with Gasteiger partial charge in [-0.2, -0.15) is 4.31 Å². The summed E-state index contributed by atoms with van der Waals surface area (Å²) in [5.41, 5.74) is 5.80. The second-order valence-corrected chi connectivity index (χ2v) is 7.73. The van der Waals surface area contributed by atoms with Gasteiger partial charge in [0.05, 0.1) is 0 Å². The van der Waals surface area contributed by atoms with E-state index in [9.17, 15) is 8.42 Å². The Morgan fingerprint density at radius 3 is 2.76 bits per heavy atom. The van der Waals surface area contributed by atoms with Gasteiger partial charge in [0, 0.05) is 23.6 Å². The lowest BCUT2D eigenvalue weighted by Crippen LogP contribution is -2.45. The standard InChI is InChI=1S/C9H13BrN2O2S2.ClH/c10-8-3-5-15-9(8)16(13,14)12-4-1-2-7(11)6-12;/h3,5,7H,1-2,4,6,11H2;1H/t7-;/m1./s1. The average Bonchev–Trinajstić information content (AvgIpc) is 2.65. The fraction of sp³-hybridized carbons (Fsp3) is 0.556. The highest BCUT2D eigenvalue weighted by Gasteiger charge is 2.31. The Kier molecular flexibility index (Phi) is 5.42. The number of rotatable bonds is 2. The van der Waals surface area contributed by atoms with Crippen LogP contribution in [0.2, 0.25) is 0 Å². The predicted molar refractivity (Wildman–Crippen MR) is 75.2 cm³/mol. The Hall–Kier alpha value is 0.340. The molecule has 0 saturated carbocycles. The molecule has 0 aliphatic carbocycles. The van der Waals surface area contributed by atoms with Crippen LogP contribution < -0.4 is 5.73 Å². The first-order valence-corrected chi connectivity index (χ1v) is 8.12. The van der Waals surface area contributed by atoms with Crippen LogP contribution in [0, 0.1) is 0 Å². The molecule has 1 saturated heterocycles. The van der Waals surface area contributed by atoms with E-state index in [1.807, 2.05) is 0 Å². The van der Waals surface area contributed by atoms with Gasteiger partial charge in [0.15, 0.2) is 0 Å². The Morgan fingerprint density at radius 1 is 1.53 bits per heavy atom. The third-order valence-electron chi connectivity index (χ3n) is 2.58. The SMILES string of the molecule is Cl.N[C@@H]1CCCN(S(=O)(=O)c2sccc2Br)C1. The van der Waals surface area contributed by atoms with Crippen molar-refractivity contribution in [1.29, 1.82) is 0 Å². The molecular weight excluding hydrogens is 348 g/mol. The second-order valence-electron chi connectivity index (χ2n) is 3.82. The molecule has 0 amide bonds. The highest BCUT2D eigenvalue weighted by molar-refractivity contribution is 9.10. The first-order valence-electron chi connectivity index (χ1n) is 5.00. The Morgan fingerprint density at radius 2 is 2.24 bits per heavy atom. The maximum atomic E-state index is 12.3. The topological polar surface area (TPSA) is 63.4 Å². The summed E-state index contributed by atoms with van der Waals surface area (Å²) in [6.45, 7) is 0.993. The molecule has 1 aromatic rings. The van der Waals surface area contributed by atoms with Crippen LogP contribution in [-0.4, -0.2) is 31.9 Å². The number of hydrogen-bond donors (Lipinski definition) is 1. The van der Waals surface area contributed by atoms with Crippen LogP contribution in [0.3, 0.4) is 0 Å². The lowest BCUT2D eigenvalue weighted by molar-refractivity contribution is 0.316. The van der Waals surface area contributed by atoms with Gasteiger partial charge in [0.2, 0.25) is 0 Å². The van der Waals surface area contributed by atoms with E-state index >= 15 is 0 Å². The van der Waals surface area contributed by atoms with Crippen molar-refractivity contribution < 1.29 is 8.42 Å². The van der Waals surface area contributed by atoms with Crippen molar-refractivity contribution in [2.45, 2.75) is 23.1 Å². The molecule has 1 atom stereocenters. The second kappa shape index (κ2) is 5.99. The van der Waals surface area contributed by atoms with Crippen molar-refractivity contribution in [2.24, 2.45) is 5.73 Å². The molecule has 0 bridgehead atoms. The van der Waals surface area contributed by atoms with Crippen LogP contribution >= 0.6 is 39.7 Å². The Balaban J connectivity index is 0.00000144. The summed E-state index contributed by atoms with van der Waals surface area (Å²) < 4.78 is 27.0.